The summed E-state index contributed by atoms with van der Waals surface area (Å²) in [6.45, 7) is 2.04. The highest BCUT2D eigenvalue weighted by molar-refractivity contribution is 6.31. The fourth-order valence-electron chi connectivity index (χ4n) is 1.38. The molecule has 2 nitrogen and oxygen atoms in total. The first-order valence-corrected chi connectivity index (χ1v) is 4.14. The zero-order chi connectivity index (χ0) is 8.72. The van der Waals surface area contributed by atoms with Crippen LogP contribution in [0, 0.1) is 6.92 Å². The summed E-state index contributed by atoms with van der Waals surface area (Å²) in [4.78, 5) is 0. The molecule has 0 spiro atoms. The number of fused-ring (bicyclic) bond motifs is 1. The first-order valence-electron chi connectivity index (χ1n) is 3.76. The lowest BCUT2D eigenvalue weighted by Crippen LogP contribution is -1.88. The number of hydrogen-bond donors (Lipinski definition) is 0. The summed E-state index contributed by atoms with van der Waals surface area (Å²) in [5.74, 6) is 0. The van der Waals surface area contributed by atoms with Crippen molar-refractivity contribution in [3.8, 4) is 0 Å². The maximum atomic E-state index is 5.91. The van der Waals surface area contributed by atoms with Gasteiger partial charge in [0.25, 0.3) is 0 Å². The number of hydrogen-bond acceptors (Lipinski definition) is 1. The molecule has 0 unspecified atom stereocenters. The van der Waals surface area contributed by atoms with Crippen molar-refractivity contribution >= 4 is 22.5 Å². The molecule has 12 heavy (non-hydrogen) atoms. The lowest BCUT2D eigenvalue weighted by atomic mass is 10.1. The van der Waals surface area contributed by atoms with E-state index in [-0.39, 0.29) is 0 Å². The Morgan fingerprint density at radius 1 is 1.42 bits per heavy atom. The highest BCUT2D eigenvalue weighted by Gasteiger charge is 2.02. The minimum absolute atomic E-state index is 0.767. The highest BCUT2D eigenvalue weighted by Crippen LogP contribution is 2.22. The summed E-state index contributed by atoms with van der Waals surface area (Å²) >= 11 is 5.91. The molecule has 0 saturated heterocycles. The van der Waals surface area contributed by atoms with Crippen LogP contribution in [0.15, 0.2) is 18.3 Å². The standard InChI is InChI=1S/C9H9ClN2/c1-6-3-7(10)4-9-8(6)5-11-12(9)2/h3-5H,1-2H3. The molecule has 0 atom stereocenters. The van der Waals surface area contributed by atoms with Crippen LogP contribution in [-0.2, 0) is 7.05 Å². The van der Waals surface area contributed by atoms with Gasteiger partial charge in [-0.3, -0.25) is 4.68 Å². The van der Waals surface area contributed by atoms with Gasteiger partial charge >= 0.3 is 0 Å². The largest absolute Gasteiger partial charge is 0.268 e. The Bertz CT molecular complexity index is 431. The van der Waals surface area contributed by atoms with E-state index in [2.05, 4.69) is 5.10 Å². The van der Waals surface area contributed by atoms with Gasteiger partial charge in [-0.25, -0.2) is 0 Å². The molecule has 2 aromatic rings. The van der Waals surface area contributed by atoms with Gasteiger partial charge in [0.2, 0.25) is 0 Å². The number of rotatable bonds is 0. The summed E-state index contributed by atoms with van der Waals surface area (Å²) < 4.78 is 1.83. The van der Waals surface area contributed by atoms with Crippen LogP contribution in [0.1, 0.15) is 5.56 Å². The van der Waals surface area contributed by atoms with E-state index in [4.69, 9.17) is 11.6 Å². The molecule has 0 aliphatic rings. The third-order valence-corrected chi connectivity index (χ3v) is 2.26. The molecule has 0 bridgehead atoms. The SMILES string of the molecule is Cc1cc(Cl)cc2c1cnn2C. The van der Waals surface area contributed by atoms with Crippen LogP contribution in [0.3, 0.4) is 0 Å². The first-order chi connectivity index (χ1) is 5.68. The average Bonchev–Trinajstić information content (AvgIpc) is 2.33. The molecule has 3 heteroatoms. The smallest absolute Gasteiger partial charge is 0.0696 e. The molecule has 62 valence electrons. The maximum absolute atomic E-state index is 5.91. The van der Waals surface area contributed by atoms with Crippen molar-refractivity contribution in [3.05, 3.63) is 28.9 Å². The van der Waals surface area contributed by atoms with Crippen molar-refractivity contribution in [1.29, 1.82) is 0 Å². The molecule has 1 aromatic heterocycles. The molecule has 1 aromatic carbocycles. The quantitative estimate of drug-likeness (QED) is 0.609. The molecule has 0 saturated carbocycles. The number of halogens is 1. The monoisotopic (exact) mass is 180 g/mol. The zero-order valence-corrected chi connectivity index (χ0v) is 7.76. The van der Waals surface area contributed by atoms with Gasteiger partial charge in [-0.2, -0.15) is 5.10 Å². The van der Waals surface area contributed by atoms with Crippen LogP contribution in [-0.4, -0.2) is 9.78 Å². The second kappa shape index (κ2) is 2.49. The van der Waals surface area contributed by atoms with Crippen LogP contribution in [0.4, 0.5) is 0 Å². The van der Waals surface area contributed by atoms with E-state index >= 15 is 0 Å². The Kier molecular flexibility index (Phi) is 1.58. The van der Waals surface area contributed by atoms with Crippen LogP contribution in [0.2, 0.25) is 5.02 Å². The summed E-state index contributed by atoms with van der Waals surface area (Å²) in [7, 11) is 1.91. The Labute approximate surface area is 75.8 Å². The molecule has 0 radical (unpaired) electrons. The van der Waals surface area contributed by atoms with Crippen LogP contribution < -0.4 is 0 Å². The van der Waals surface area contributed by atoms with E-state index in [1.165, 1.54) is 10.9 Å². The number of nitrogens with zero attached hydrogens (tertiary/aromatic N) is 2. The lowest BCUT2D eigenvalue weighted by molar-refractivity contribution is 0.797. The third-order valence-electron chi connectivity index (χ3n) is 2.04. The Morgan fingerprint density at radius 3 is 2.92 bits per heavy atom. The van der Waals surface area contributed by atoms with E-state index in [9.17, 15) is 0 Å². The van der Waals surface area contributed by atoms with E-state index in [0.717, 1.165) is 10.5 Å². The molecule has 0 fully saturated rings. The molecule has 1 heterocycles. The summed E-state index contributed by atoms with van der Waals surface area (Å²) in [6.07, 6.45) is 1.86. The highest BCUT2D eigenvalue weighted by atomic mass is 35.5. The molecule has 0 aliphatic carbocycles. The molecular formula is C9H9ClN2. The van der Waals surface area contributed by atoms with Gasteiger partial charge in [0.1, 0.15) is 0 Å². The second-order valence-electron chi connectivity index (χ2n) is 2.92. The minimum Gasteiger partial charge on any atom is -0.268 e. The van der Waals surface area contributed by atoms with Gasteiger partial charge in [-0.1, -0.05) is 11.6 Å². The topological polar surface area (TPSA) is 17.8 Å². The van der Waals surface area contributed by atoms with E-state index in [1.807, 2.05) is 37.0 Å². The van der Waals surface area contributed by atoms with Gasteiger partial charge in [0.05, 0.1) is 11.7 Å². The molecule has 0 aliphatic heterocycles. The lowest BCUT2D eigenvalue weighted by Gasteiger charge is -1.98. The molecule has 2 rings (SSSR count). The van der Waals surface area contributed by atoms with Crippen molar-refractivity contribution in [2.45, 2.75) is 6.92 Å². The van der Waals surface area contributed by atoms with E-state index in [0.29, 0.717) is 0 Å². The maximum Gasteiger partial charge on any atom is 0.0696 e. The van der Waals surface area contributed by atoms with E-state index in [1.54, 1.807) is 0 Å². The normalized spacial score (nSPS) is 10.9. The average molecular weight is 181 g/mol. The molecule has 0 amide bonds. The van der Waals surface area contributed by atoms with Crippen molar-refractivity contribution in [3.63, 3.8) is 0 Å². The Balaban J connectivity index is 2.92. The van der Waals surface area contributed by atoms with E-state index < -0.39 is 0 Å². The van der Waals surface area contributed by atoms with Crippen LogP contribution >= 0.6 is 11.6 Å². The number of benzene rings is 1. The van der Waals surface area contributed by atoms with Gasteiger partial charge in [0, 0.05) is 17.5 Å². The Morgan fingerprint density at radius 2 is 2.17 bits per heavy atom. The van der Waals surface area contributed by atoms with Gasteiger partial charge < -0.3 is 0 Å². The van der Waals surface area contributed by atoms with Crippen LogP contribution in [0.5, 0.6) is 0 Å². The second-order valence-corrected chi connectivity index (χ2v) is 3.36. The van der Waals surface area contributed by atoms with Crippen molar-refractivity contribution in [1.82, 2.24) is 9.78 Å². The van der Waals surface area contributed by atoms with Gasteiger partial charge in [-0.15, -0.1) is 0 Å². The fourth-order valence-corrected chi connectivity index (χ4v) is 1.65. The van der Waals surface area contributed by atoms with Gasteiger partial charge in [0.15, 0.2) is 0 Å². The summed E-state index contributed by atoms with van der Waals surface area (Å²) in [5.41, 5.74) is 2.26. The van der Waals surface area contributed by atoms with Crippen molar-refractivity contribution in [2.75, 3.05) is 0 Å². The predicted molar refractivity (Wildman–Crippen MR) is 50.5 cm³/mol. The minimum atomic E-state index is 0.767. The molecular weight excluding hydrogens is 172 g/mol. The van der Waals surface area contributed by atoms with Crippen molar-refractivity contribution in [2.24, 2.45) is 7.05 Å². The summed E-state index contributed by atoms with van der Waals surface area (Å²) in [6, 6.07) is 3.88. The third kappa shape index (κ3) is 0.994. The van der Waals surface area contributed by atoms with Gasteiger partial charge in [-0.05, 0) is 24.6 Å². The predicted octanol–water partition coefficient (Wildman–Crippen LogP) is 2.54. The van der Waals surface area contributed by atoms with Crippen LogP contribution in [0.25, 0.3) is 10.9 Å². The fraction of sp³-hybridized carbons (Fsp3) is 0.222. The molecule has 0 N–H and O–H groups in total. The number of aryl methyl sites for hydroxylation is 2. The summed E-state index contributed by atoms with van der Waals surface area (Å²) in [5, 5.41) is 6.09. The zero-order valence-electron chi connectivity index (χ0n) is 7.00. The van der Waals surface area contributed by atoms with Crippen molar-refractivity contribution < 1.29 is 0 Å². The first kappa shape index (κ1) is 7.62. The Hall–Kier alpha value is -1.02. The number of aromatic nitrogens is 2.